The lowest BCUT2D eigenvalue weighted by atomic mass is 10.2. The van der Waals surface area contributed by atoms with Crippen LogP contribution in [-0.2, 0) is 14.6 Å². The van der Waals surface area contributed by atoms with E-state index in [4.69, 9.17) is 0 Å². The highest BCUT2D eigenvalue weighted by molar-refractivity contribution is 8.00. The fourth-order valence-corrected chi connectivity index (χ4v) is 2.95. The van der Waals surface area contributed by atoms with Crippen molar-refractivity contribution in [2.75, 3.05) is 6.26 Å². The lowest BCUT2D eigenvalue weighted by molar-refractivity contribution is -0.117. The zero-order valence-electron chi connectivity index (χ0n) is 10.1. The molecule has 0 saturated heterocycles. The molecule has 94 valence electrons. The number of rotatable bonds is 5. The molecule has 1 aromatic carbocycles. The molecular formula is C12H16O3S2. The Hall–Kier alpha value is -0.810. The van der Waals surface area contributed by atoms with Gasteiger partial charge < -0.3 is 0 Å². The van der Waals surface area contributed by atoms with Crippen molar-refractivity contribution in [2.24, 2.45) is 0 Å². The number of carbonyl (C=O) groups is 1. The monoisotopic (exact) mass is 272 g/mol. The molecule has 0 amide bonds. The van der Waals surface area contributed by atoms with Crippen molar-refractivity contribution in [1.82, 2.24) is 0 Å². The first-order valence-electron chi connectivity index (χ1n) is 5.34. The molecule has 0 fully saturated rings. The third kappa shape index (κ3) is 4.16. The van der Waals surface area contributed by atoms with Crippen LogP contribution in [-0.4, -0.2) is 25.7 Å². The molecule has 0 spiro atoms. The molecule has 1 atom stereocenters. The summed E-state index contributed by atoms with van der Waals surface area (Å²) >= 11 is 1.45. The average molecular weight is 272 g/mol. The van der Waals surface area contributed by atoms with Crippen molar-refractivity contribution in [3.8, 4) is 0 Å². The fourth-order valence-electron chi connectivity index (χ4n) is 1.32. The highest BCUT2D eigenvalue weighted by atomic mass is 32.2. The molecule has 0 saturated carbocycles. The van der Waals surface area contributed by atoms with Crippen molar-refractivity contribution in [2.45, 2.75) is 35.3 Å². The van der Waals surface area contributed by atoms with Gasteiger partial charge in [-0.2, -0.15) is 0 Å². The Morgan fingerprint density at radius 3 is 2.24 bits per heavy atom. The molecule has 1 unspecified atom stereocenters. The molecule has 5 heteroatoms. The third-order valence-corrected chi connectivity index (χ3v) is 4.66. The lowest BCUT2D eigenvalue weighted by Crippen LogP contribution is -2.11. The summed E-state index contributed by atoms with van der Waals surface area (Å²) in [5, 5.41) is -0.0934. The molecule has 3 nitrogen and oxygen atoms in total. The van der Waals surface area contributed by atoms with E-state index in [1.54, 1.807) is 24.3 Å². The Morgan fingerprint density at radius 1 is 1.29 bits per heavy atom. The first-order valence-corrected chi connectivity index (χ1v) is 8.11. The molecule has 0 aliphatic rings. The Kier molecular flexibility index (Phi) is 4.77. The summed E-state index contributed by atoms with van der Waals surface area (Å²) in [6.45, 7) is 3.70. The summed E-state index contributed by atoms with van der Waals surface area (Å²) in [7, 11) is -3.15. The normalized spacial score (nSPS) is 13.4. The number of Topliss-reactive ketones (excluding diaryl/α,β-unsaturated/α-hetero) is 1. The van der Waals surface area contributed by atoms with Gasteiger partial charge in [-0.15, -0.1) is 11.8 Å². The van der Waals surface area contributed by atoms with Gasteiger partial charge in [0, 0.05) is 17.6 Å². The largest absolute Gasteiger partial charge is 0.298 e. The van der Waals surface area contributed by atoms with Crippen LogP contribution in [0.1, 0.15) is 20.3 Å². The molecule has 0 aliphatic heterocycles. The van der Waals surface area contributed by atoms with Crippen LogP contribution >= 0.6 is 11.8 Å². The van der Waals surface area contributed by atoms with Gasteiger partial charge in [-0.1, -0.05) is 6.92 Å². The van der Waals surface area contributed by atoms with Crippen LogP contribution in [0.4, 0.5) is 0 Å². The lowest BCUT2D eigenvalue weighted by Gasteiger charge is -2.09. The Morgan fingerprint density at radius 2 is 1.82 bits per heavy atom. The zero-order valence-corrected chi connectivity index (χ0v) is 11.8. The van der Waals surface area contributed by atoms with E-state index >= 15 is 0 Å². The van der Waals surface area contributed by atoms with E-state index < -0.39 is 9.84 Å². The number of hydrogen-bond donors (Lipinski definition) is 0. The topological polar surface area (TPSA) is 51.2 Å². The SMILES string of the molecule is CCC(=O)C(C)Sc1ccc(S(C)(=O)=O)cc1. The minimum absolute atomic E-state index is 0.0934. The second-order valence-electron chi connectivity index (χ2n) is 3.82. The van der Waals surface area contributed by atoms with Gasteiger partial charge in [0.2, 0.25) is 0 Å². The maximum absolute atomic E-state index is 11.4. The summed E-state index contributed by atoms with van der Waals surface area (Å²) in [4.78, 5) is 12.6. The third-order valence-electron chi connectivity index (χ3n) is 2.37. The molecule has 17 heavy (non-hydrogen) atoms. The van der Waals surface area contributed by atoms with Crippen LogP contribution in [0.2, 0.25) is 0 Å². The maximum Gasteiger partial charge on any atom is 0.175 e. The van der Waals surface area contributed by atoms with Crippen LogP contribution in [0.25, 0.3) is 0 Å². The quantitative estimate of drug-likeness (QED) is 0.773. The van der Waals surface area contributed by atoms with Gasteiger partial charge in [0.1, 0.15) is 5.78 Å². The van der Waals surface area contributed by atoms with E-state index in [0.29, 0.717) is 11.3 Å². The molecule has 0 aromatic heterocycles. The van der Waals surface area contributed by atoms with Crippen molar-refractivity contribution in [3.05, 3.63) is 24.3 Å². The van der Waals surface area contributed by atoms with Crippen LogP contribution < -0.4 is 0 Å². The summed E-state index contributed by atoms with van der Waals surface area (Å²) in [6, 6.07) is 6.61. The number of benzene rings is 1. The second kappa shape index (κ2) is 5.69. The smallest absolute Gasteiger partial charge is 0.175 e. The molecule has 0 bridgehead atoms. The van der Waals surface area contributed by atoms with E-state index in [2.05, 4.69) is 0 Å². The Bertz CT molecular complexity index is 489. The maximum atomic E-state index is 11.4. The van der Waals surface area contributed by atoms with Gasteiger partial charge in [0.25, 0.3) is 0 Å². The minimum atomic E-state index is -3.15. The molecule has 0 aliphatic carbocycles. The van der Waals surface area contributed by atoms with Gasteiger partial charge in [0.05, 0.1) is 10.1 Å². The number of ketones is 1. The van der Waals surface area contributed by atoms with E-state index in [9.17, 15) is 13.2 Å². The molecule has 1 rings (SSSR count). The number of carbonyl (C=O) groups excluding carboxylic acids is 1. The predicted octanol–water partition coefficient (Wildman–Crippen LogP) is 2.55. The first kappa shape index (κ1) is 14.3. The van der Waals surface area contributed by atoms with Crippen molar-refractivity contribution >= 4 is 27.4 Å². The van der Waals surface area contributed by atoms with Gasteiger partial charge in [-0.25, -0.2) is 8.42 Å². The fraction of sp³-hybridized carbons (Fsp3) is 0.417. The van der Waals surface area contributed by atoms with E-state index in [-0.39, 0.29) is 11.0 Å². The minimum Gasteiger partial charge on any atom is -0.298 e. The standard InChI is InChI=1S/C12H16O3S2/c1-4-12(13)9(2)16-10-5-7-11(8-6-10)17(3,14)15/h5-9H,4H2,1-3H3. The summed E-state index contributed by atoms with van der Waals surface area (Å²) in [6.07, 6.45) is 1.70. The van der Waals surface area contributed by atoms with E-state index in [1.165, 1.54) is 18.0 Å². The molecule has 0 N–H and O–H groups in total. The highest BCUT2D eigenvalue weighted by Gasteiger charge is 2.13. The zero-order chi connectivity index (χ0) is 13.1. The average Bonchev–Trinajstić information content (AvgIpc) is 2.27. The highest BCUT2D eigenvalue weighted by Crippen LogP contribution is 2.25. The number of thioether (sulfide) groups is 1. The predicted molar refractivity (Wildman–Crippen MR) is 70.2 cm³/mol. The number of hydrogen-bond acceptors (Lipinski definition) is 4. The van der Waals surface area contributed by atoms with E-state index in [1.807, 2.05) is 13.8 Å². The second-order valence-corrected chi connectivity index (χ2v) is 7.25. The van der Waals surface area contributed by atoms with Crippen molar-refractivity contribution in [3.63, 3.8) is 0 Å². The molecule has 1 aromatic rings. The van der Waals surface area contributed by atoms with Gasteiger partial charge >= 0.3 is 0 Å². The van der Waals surface area contributed by atoms with Crippen molar-refractivity contribution < 1.29 is 13.2 Å². The van der Waals surface area contributed by atoms with Crippen molar-refractivity contribution in [1.29, 1.82) is 0 Å². The molecule has 0 heterocycles. The molecule has 0 radical (unpaired) electrons. The van der Waals surface area contributed by atoms with Gasteiger partial charge in [-0.05, 0) is 31.2 Å². The number of sulfone groups is 1. The first-order chi connectivity index (χ1) is 7.84. The summed E-state index contributed by atoms with van der Waals surface area (Å²) in [5.74, 6) is 0.196. The van der Waals surface area contributed by atoms with Crippen LogP contribution in [0, 0.1) is 0 Å². The van der Waals surface area contributed by atoms with E-state index in [0.717, 1.165) is 4.90 Å². The Labute approximate surface area is 107 Å². The van der Waals surface area contributed by atoms with Gasteiger partial charge in [0.15, 0.2) is 9.84 Å². The summed E-state index contributed by atoms with van der Waals surface area (Å²) < 4.78 is 22.5. The summed E-state index contributed by atoms with van der Waals surface area (Å²) in [5.41, 5.74) is 0. The van der Waals surface area contributed by atoms with Crippen LogP contribution in [0.5, 0.6) is 0 Å². The Balaban J connectivity index is 2.79. The van der Waals surface area contributed by atoms with Crippen LogP contribution in [0.3, 0.4) is 0 Å². The van der Waals surface area contributed by atoms with Gasteiger partial charge in [-0.3, -0.25) is 4.79 Å². The molecular weight excluding hydrogens is 256 g/mol. The van der Waals surface area contributed by atoms with Crippen LogP contribution in [0.15, 0.2) is 34.1 Å².